The third kappa shape index (κ3) is 33.5. The van der Waals surface area contributed by atoms with Crippen LogP contribution in [-0.4, -0.2) is 29.8 Å². The molecule has 82 valence electrons. The summed E-state index contributed by atoms with van der Waals surface area (Å²) >= 11 is 0. The summed E-state index contributed by atoms with van der Waals surface area (Å²) in [5.41, 5.74) is 0. The molecule has 0 fully saturated rings. The number of halogens is 3. The first-order valence-electron chi connectivity index (χ1n) is 3.41. The first kappa shape index (κ1) is 15.4. The average Bonchev–Trinajstić information content (AvgIpc) is 1.47. The Hall–Kier alpha value is -0.0831. The van der Waals surface area contributed by atoms with Gasteiger partial charge in [-0.1, -0.05) is 19.6 Å². The fraction of sp³-hybridized carbons (Fsp3) is 1.00. The van der Waals surface area contributed by atoms with Gasteiger partial charge in [0.15, 0.2) is 0 Å². The van der Waals surface area contributed by atoms with Crippen LogP contribution in [0.4, 0.5) is 13.2 Å². The largest absolute Gasteiger partial charge is 0.537 e. The van der Waals surface area contributed by atoms with E-state index in [-0.39, 0.29) is 8.80 Å². The Morgan fingerprint density at radius 3 is 1.38 bits per heavy atom. The van der Waals surface area contributed by atoms with Gasteiger partial charge in [0.05, 0.1) is 6.26 Å². The first-order chi connectivity index (χ1) is 5.44. The molecule has 0 spiro atoms. The lowest BCUT2D eigenvalue weighted by atomic mass is 11.4. The van der Waals surface area contributed by atoms with Crippen molar-refractivity contribution in [2.75, 3.05) is 6.26 Å². The molecule has 8 heteroatoms. The van der Waals surface area contributed by atoms with E-state index < -0.39 is 16.5 Å². The zero-order chi connectivity index (χ0) is 11.3. The molecule has 0 atom stereocenters. The van der Waals surface area contributed by atoms with E-state index in [0.29, 0.717) is 6.26 Å². The maximum atomic E-state index is 11.0. The lowest BCUT2D eigenvalue weighted by molar-refractivity contribution is -0.271. The minimum atomic E-state index is -5.10. The van der Waals surface area contributed by atoms with E-state index in [0.717, 1.165) is 0 Å². The van der Waals surface area contributed by atoms with Crippen LogP contribution in [0.5, 0.6) is 0 Å². The molecule has 0 aliphatic heterocycles. The second-order valence-electron chi connectivity index (χ2n) is 2.97. The molecular formula is C5H13F3O3SSi. The van der Waals surface area contributed by atoms with Gasteiger partial charge in [-0.15, -0.1) is 13.2 Å². The molecule has 0 aliphatic carbocycles. The van der Waals surface area contributed by atoms with Gasteiger partial charge in [0, 0.05) is 8.80 Å². The van der Waals surface area contributed by atoms with Crippen LogP contribution in [0, 0.1) is 0 Å². The Morgan fingerprint density at radius 1 is 1.15 bits per heavy atom. The Kier molecular flexibility index (Phi) is 6.64. The Bertz CT molecular complexity index is 219. The standard InChI is InChI=1S/C3H10Si.C2H3F3O3S/c1-4(2)3;1-9(6,7)8-2(3,4)5/h4H,1-3H3;1H3. The van der Waals surface area contributed by atoms with Gasteiger partial charge in [-0.2, -0.15) is 12.6 Å². The van der Waals surface area contributed by atoms with Crippen molar-refractivity contribution in [1.82, 2.24) is 0 Å². The Balaban J connectivity index is 0. The Labute approximate surface area is 77.6 Å². The molecule has 0 aromatic rings. The molecule has 0 unspecified atom stereocenters. The fourth-order valence-electron chi connectivity index (χ4n) is 0.172. The highest BCUT2D eigenvalue weighted by Crippen LogP contribution is 2.18. The summed E-state index contributed by atoms with van der Waals surface area (Å²) in [6.07, 6.45) is -4.78. The number of alkyl halides is 3. The van der Waals surface area contributed by atoms with Crippen molar-refractivity contribution in [3.05, 3.63) is 0 Å². The van der Waals surface area contributed by atoms with Crippen molar-refractivity contribution in [3.63, 3.8) is 0 Å². The third-order valence-electron chi connectivity index (χ3n) is 0.246. The first-order valence-corrected chi connectivity index (χ1v) is 8.69. The van der Waals surface area contributed by atoms with E-state index in [4.69, 9.17) is 0 Å². The maximum absolute atomic E-state index is 11.0. The van der Waals surface area contributed by atoms with Gasteiger partial charge in [-0.25, -0.2) is 0 Å². The second kappa shape index (κ2) is 5.61. The Morgan fingerprint density at radius 2 is 1.38 bits per heavy atom. The smallest absolute Gasteiger partial charge is 0.199 e. The quantitative estimate of drug-likeness (QED) is 0.514. The highest BCUT2D eigenvalue weighted by Gasteiger charge is 2.34. The van der Waals surface area contributed by atoms with Crippen LogP contribution in [0.15, 0.2) is 0 Å². The van der Waals surface area contributed by atoms with Gasteiger partial charge in [0.2, 0.25) is 0 Å². The van der Waals surface area contributed by atoms with Crippen LogP contribution < -0.4 is 0 Å². The summed E-state index contributed by atoms with van der Waals surface area (Å²) in [4.78, 5) is 0. The molecule has 0 aromatic heterocycles. The molecule has 0 aromatic carbocycles. The summed E-state index contributed by atoms with van der Waals surface area (Å²) in [5, 5.41) is 0. The average molecular weight is 238 g/mol. The molecule has 0 aliphatic rings. The van der Waals surface area contributed by atoms with Gasteiger partial charge in [-0.05, 0) is 0 Å². The molecule has 13 heavy (non-hydrogen) atoms. The van der Waals surface area contributed by atoms with E-state index in [1.807, 2.05) is 0 Å². The highest BCUT2D eigenvalue weighted by atomic mass is 32.2. The molecular weight excluding hydrogens is 225 g/mol. The number of hydrogen-bond donors (Lipinski definition) is 0. The normalized spacial score (nSPS) is 12.3. The van der Waals surface area contributed by atoms with E-state index in [1.165, 1.54) is 0 Å². The van der Waals surface area contributed by atoms with E-state index in [9.17, 15) is 21.6 Å². The second-order valence-corrected chi connectivity index (χ2v) is 8.00. The molecule has 0 saturated heterocycles. The lowest BCUT2D eigenvalue weighted by Crippen LogP contribution is -2.18. The molecule has 0 bridgehead atoms. The minimum Gasteiger partial charge on any atom is -0.199 e. The van der Waals surface area contributed by atoms with E-state index >= 15 is 0 Å². The van der Waals surface area contributed by atoms with Crippen LogP contribution in [-0.2, 0) is 14.3 Å². The number of hydrogen-bond acceptors (Lipinski definition) is 3. The van der Waals surface area contributed by atoms with Crippen LogP contribution in [0.2, 0.25) is 19.6 Å². The number of rotatable bonds is 1. The summed E-state index contributed by atoms with van der Waals surface area (Å²) in [6, 6.07) is 0. The predicted molar refractivity (Wildman–Crippen MR) is 46.7 cm³/mol. The van der Waals surface area contributed by atoms with Crippen LogP contribution in [0.3, 0.4) is 0 Å². The van der Waals surface area contributed by atoms with E-state index in [2.05, 4.69) is 23.8 Å². The van der Waals surface area contributed by atoms with Crippen LogP contribution >= 0.6 is 0 Å². The summed E-state index contributed by atoms with van der Waals surface area (Å²) in [5.74, 6) is 0. The SMILES string of the molecule is CS(=O)(=O)OC(F)(F)F.C[SiH](C)C. The monoisotopic (exact) mass is 238 g/mol. The minimum absolute atomic E-state index is 0.139. The fourth-order valence-corrected chi connectivity index (χ4v) is 0.515. The molecule has 0 radical (unpaired) electrons. The molecule has 0 rings (SSSR count). The van der Waals surface area contributed by atoms with Crippen molar-refractivity contribution in [2.45, 2.75) is 26.0 Å². The predicted octanol–water partition coefficient (Wildman–Crippen LogP) is 1.59. The van der Waals surface area contributed by atoms with Crippen molar-refractivity contribution >= 4 is 18.9 Å². The maximum Gasteiger partial charge on any atom is 0.537 e. The highest BCUT2D eigenvalue weighted by molar-refractivity contribution is 7.86. The molecule has 0 amide bonds. The van der Waals surface area contributed by atoms with Crippen molar-refractivity contribution in [3.8, 4) is 0 Å². The molecule has 0 heterocycles. The molecule has 3 nitrogen and oxygen atoms in total. The van der Waals surface area contributed by atoms with Gasteiger partial charge >= 0.3 is 6.36 Å². The van der Waals surface area contributed by atoms with Crippen LogP contribution in [0.25, 0.3) is 0 Å². The van der Waals surface area contributed by atoms with Crippen LogP contribution in [0.1, 0.15) is 0 Å². The zero-order valence-corrected chi connectivity index (χ0v) is 9.82. The van der Waals surface area contributed by atoms with E-state index in [1.54, 1.807) is 0 Å². The van der Waals surface area contributed by atoms with Gasteiger partial charge in [0.1, 0.15) is 0 Å². The van der Waals surface area contributed by atoms with Crippen molar-refractivity contribution in [2.24, 2.45) is 0 Å². The summed E-state index contributed by atoms with van der Waals surface area (Å²) < 4.78 is 54.9. The summed E-state index contributed by atoms with van der Waals surface area (Å²) in [6.45, 7) is 6.92. The van der Waals surface area contributed by atoms with Gasteiger partial charge < -0.3 is 0 Å². The zero-order valence-electron chi connectivity index (χ0n) is 7.84. The lowest BCUT2D eigenvalue weighted by Gasteiger charge is -2.01. The molecule has 0 saturated carbocycles. The van der Waals surface area contributed by atoms with Crippen molar-refractivity contribution in [1.29, 1.82) is 0 Å². The van der Waals surface area contributed by atoms with Gasteiger partial charge in [0.25, 0.3) is 10.1 Å². The van der Waals surface area contributed by atoms with Crippen molar-refractivity contribution < 1.29 is 25.8 Å². The van der Waals surface area contributed by atoms with Gasteiger partial charge in [-0.3, -0.25) is 0 Å². The molecule has 0 N–H and O–H groups in total. The topological polar surface area (TPSA) is 43.4 Å². The summed E-state index contributed by atoms with van der Waals surface area (Å²) in [7, 11) is -4.55. The third-order valence-corrected chi connectivity index (χ3v) is 0.738.